The Labute approximate surface area is 114 Å². The fourth-order valence-electron chi connectivity index (χ4n) is 2.24. The Kier molecular flexibility index (Phi) is 2.87. The van der Waals surface area contributed by atoms with Gasteiger partial charge in [-0.3, -0.25) is 0 Å². The van der Waals surface area contributed by atoms with Crippen molar-refractivity contribution in [3.8, 4) is 5.00 Å². The van der Waals surface area contributed by atoms with E-state index in [0.717, 1.165) is 27.9 Å². The Balaban J connectivity index is 2.23. The molecule has 0 unspecified atom stereocenters. The molecule has 0 saturated heterocycles. The molecule has 1 aromatic carbocycles. The highest BCUT2D eigenvalue weighted by atomic mass is 32.1. The zero-order chi connectivity index (χ0) is 13.4. The zero-order valence-electron chi connectivity index (χ0n) is 10.5. The third-order valence-electron chi connectivity index (χ3n) is 3.20. The second-order valence-corrected chi connectivity index (χ2v) is 5.37. The van der Waals surface area contributed by atoms with Crippen molar-refractivity contribution in [1.82, 2.24) is 4.57 Å². The van der Waals surface area contributed by atoms with Gasteiger partial charge in [-0.1, -0.05) is 25.1 Å². The van der Waals surface area contributed by atoms with Gasteiger partial charge in [0.05, 0.1) is 5.52 Å². The third-order valence-corrected chi connectivity index (χ3v) is 4.36. The molecule has 96 valence electrons. The van der Waals surface area contributed by atoms with Crippen molar-refractivity contribution in [2.75, 3.05) is 0 Å². The Hall–Kier alpha value is -2.07. The molecule has 3 rings (SSSR count). The van der Waals surface area contributed by atoms with Gasteiger partial charge >= 0.3 is 5.97 Å². The molecular weight excluding hydrogens is 258 g/mol. The molecule has 3 aromatic rings. The number of thiophene rings is 1. The minimum absolute atomic E-state index is 0.393. The monoisotopic (exact) mass is 271 g/mol. The average Bonchev–Trinajstić information content (AvgIpc) is 3.01. The highest BCUT2D eigenvalue weighted by Crippen LogP contribution is 2.30. The molecular formula is C15H13NO2S. The number of fused-ring (bicyclic) bond motifs is 1. The summed E-state index contributed by atoms with van der Waals surface area (Å²) in [7, 11) is 0. The van der Waals surface area contributed by atoms with Crippen molar-refractivity contribution in [3.05, 3.63) is 53.0 Å². The lowest BCUT2D eigenvalue weighted by molar-refractivity contribution is 0.0702. The Morgan fingerprint density at radius 3 is 2.84 bits per heavy atom. The van der Waals surface area contributed by atoms with Crippen LogP contribution < -0.4 is 0 Å². The van der Waals surface area contributed by atoms with E-state index < -0.39 is 5.97 Å². The molecule has 0 saturated carbocycles. The van der Waals surface area contributed by atoms with Crippen LogP contribution in [0.4, 0.5) is 0 Å². The number of aromatic carboxylic acids is 1. The number of benzene rings is 1. The standard InChI is InChI=1S/C15H13NO2S/c1-2-10-9-13(15(17)18)19-14(10)16-8-7-11-5-3-4-6-12(11)16/h3-9H,2H2,1H3,(H,17,18). The van der Waals surface area contributed by atoms with E-state index in [1.165, 1.54) is 11.3 Å². The number of para-hydroxylation sites is 1. The molecule has 19 heavy (non-hydrogen) atoms. The summed E-state index contributed by atoms with van der Waals surface area (Å²) >= 11 is 1.33. The van der Waals surface area contributed by atoms with Crippen LogP contribution in [0, 0.1) is 0 Å². The first-order valence-electron chi connectivity index (χ1n) is 6.13. The molecule has 2 heterocycles. The van der Waals surface area contributed by atoms with Crippen LogP contribution in [0.25, 0.3) is 15.9 Å². The number of rotatable bonds is 3. The molecule has 0 aliphatic rings. The summed E-state index contributed by atoms with van der Waals surface area (Å²) in [5.74, 6) is -0.859. The topological polar surface area (TPSA) is 42.2 Å². The Morgan fingerprint density at radius 1 is 1.32 bits per heavy atom. The van der Waals surface area contributed by atoms with Crippen LogP contribution in [0.1, 0.15) is 22.2 Å². The van der Waals surface area contributed by atoms with Crippen LogP contribution in [-0.4, -0.2) is 15.6 Å². The van der Waals surface area contributed by atoms with Crippen molar-refractivity contribution in [1.29, 1.82) is 0 Å². The van der Waals surface area contributed by atoms with E-state index in [0.29, 0.717) is 4.88 Å². The number of hydrogen-bond acceptors (Lipinski definition) is 2. The van der Waals surface area contributed by atoms with E-state index in [4.69, 9.17) is 5.11 Å². The normalized spacial score (nSPS) is 11.0. The van der Waals surface area contributed by atoms with Crippen molar-refractivity contribution in [3.63, 3.8) is 0 Å². The molecule has 1 N–H and O–H groups in total. The molecule has 4 heteroatoms. The molecule has 2 aromatic heterocycles. The number of nitrogens with zero attached hydrogens (tertiary/aromatic N) is 1. The summed E-state index contributed by atoms with van der Waals surface area (Å²) in [6.45, 7) is 2.04. The van der Waals surface area contributed by atoms with Gasteiger partial charge in [-0.05, 0) is 35.6 Å². The van der Waals surface area contributed by atoms with Gasteiger partial charge in [0.1, 0.15) is 9.88 Å². The highest BCUT2D eigenvalue weighted by molar-refractivity contribution is 7.16. The molecule has 0 spiro atoms. The number of aryl methyl sites for hydroxylation is 1. The van der Waals surface area contributed by atoms with Gasteiger partial charge in [0.15, 0.2) is 0 Å². The molecule has 3 nitrogen and oxygen atoms in total. The Morgan fingerprint density at radius 2 is 2.11 bits per heavy atom. The second kappa shape index (κ2) is 4.55. The van der Waals surface area contributed by atoms with Gasteiger partial charge in [0.2, 0.25) is 0 Å². The first-order chi connectivity index (χ1) is 9.20. The summed E-state index contributed by atoms with van der Waals surface area (Å²) in [5.41, 5.74) is 2.18. The lowest BCUT2D eigenvalue weighted by Gasteiger charge is -2.04. The predicted molar refractivity (Wildman–Crippen MR) is 77.5 cm³/mol. The van der Waals surface area contributed by atoms with Crippen LogP contribution in [0.2, 0.25) is 0 Å². The summed E-state index contributed by atoms with van der Waals surface area (Å²) in [6, 6.07) is 11.9. The van der Waals surface area contributed by atoms with E-state index in [9.17, 15) is 4.79 Å². The van der Waals surface area contributed by atoms with Gasteiger partial charge in [-0.2, -0.15) is 0 Å². The van der Waals surface area contributed by atoms with E-state index in [2.05, 4.69) is 22.8 Å². The van der Waals surface area contributed by atoms with Crippen LogP contribution in [0.5, 0.6) is 0 Å². The smallest absolute Gasteiger partial charge is 0.345 e. The minimum Gasteiger partial charge on any atom is -0.477 e. The molecule has 0 radical (unpaired) electrons. The lowest BCUT2D eigenvalue weighted by atomic mass is 10.2. The van der Waals surface area contributed by atoms with Crippen LogP contribution >= 0.6 is 11.3 Å². The van der Waals surface area contributed by atoms with Crippen LogP contribution in [0.15, 0.2) is 42.6 Å². The maximum absolute atomic E-state index is 11.1. The fourth-order valence-corrected chi connectivity index (χ4v) is 3.33. The van der Waals surface area contributed by atoms with Crippen molar-refractivity contribution < 1.29 is 9.90 Å². The summed E-state index contributed by atoms with van der Waals surface area (Å²) in [6.07, 6.45) is 2.83. The second-order valence-electron chi connectivity index (χ2n) is 4.34. The quantitative estimate of drug-likeness (QED) is 0.783. The molecule has 0 bridgehead atoms. The summed E-state index contributed by atoms with van der Waals surface area (Å²) < 4.78 is 2.07. The lowest BCUT2D eigenvalue weighted by Crippen LogP contribution is -1.92. The third kappa shape index (κ3) is 1.94. The largest absolute Gasteiger partial charge is 0.477 e. The van der Waals surface area contributed by atoms with Gasteiger partial charge < -0.3 is 9.67 Å². The minimum atomic E-state index is -0.859. The molecule has 0 amide bonds. The number of carbonyl (C=O) groups is 1. The van der Waals surface area contributed by atoms with Gasteiger partial charge in [-0.25, -0.2) is 4.79 Å². The number of carboxylic acids is 1. The molecule has 0 atom stereocenters. The number of aromatic nitrogens is 1. The first-order valence-corrected chi connectivity index (χ1v) is 6.95. The highest BCUT2D eigenvalue weighted by Gasteiger charge is 2.15. The fraction of sp³-hybridized carbons (Fsp3) is 0.133. The van der Waals surface area contributed by atoms with Crippen LogP contribution in [-0.2, 0) is 6.42 Å². The molecule has 0 fully saturated rings. The first kappa shape index (κ1) is 12.0. The van der Waals surface area contributed by atoms with Crippen molar-refractivity contribution in [2.45, 2.75) is 13.3 Å². The van der Waals surface area contributed by atoms with Crippen LogP contribution in [0.3, 0.4) is 0 Å². The predicted octanol–water partition coefficient (Wildman–Crippen LogP) is 3.95. The zero-order valence-corrected chi connectivity index (χ0v) is 11.3. The summed E-state index contributed by atoms with van der Waals surface area (Å²) in [4.78, 5) is 11.5. The van der Waals surface area contributed by atoms with E-state index in [1.807, 2.05) is 25.3 Å². The van der Waals surface area contributed by atoms with E-state index in [1.54, 1.807) is 6.07 Å². The van der Waals surface area contributed by atoms with Gasteiger partial charge in [-0.15, -0.1) is 11.3 Å². The molecule has 0 aliphatic carbocycles. The number of carboxylic acid groups (broad SMARTS) is 1. The summed E-state index contributed by atoms with van der Waals surface area (Å²) in [5, 5.41) is 11.3. The Bertz CT molecular complexity index is 754. The van der Waals surface area contributed by atoms with Gasteiger partial charge in [0.25, 0.3) is 0 Å². The van der Waals surface area contributed by atoms with Crippen molar-refractivity contribution >= 4 is 28.2 Å². The SMILES string of the molecule is CCc1cc(C(=O)O)sc1-n1ccc2ccccc21. The maximum Gasteiger partial charge on any atom is 0.345 e. The number of hydrogen-bond donors (Lipinski definition) is 1. The van der Waals surface area contributed by atoms with Crippen molar-refractivity contribution in [2.24, 2.45) is 0 Å². The average molecular weight is 271 g/mol. The van der Waals surface area contributed by atoms with Gasteiger partial charge in [0, 0.05) is 6.20 Å². The molecule has 0 aliphatic heterocycles. The maximum atomic E-state index is 11.1. The van der Waals surface area contributed by atoms with E-state index >= 15 is 0 Å². The van der Waals surface area contributed by atoms with E-state index in [-0.39, 0.29) is 0 Å².